The van der Waals surface area contributed by atoms with E-state index in [1.807, 2.05) is 0 Å². The zero-order valence-corrected chi connectivity index (χ0v) is 8.03. The van der Waals surface area contributed by atoms with Gasteiger partial charge in [0.25, 0.3) is 0 Å². The van der Waals surface area contributed by atoms with E-state index in [9.17, 15) is 4.39 Å². The predicted octanol–water partition coefficient (Wildman–Crippen LogP) is 2.07. The Morgan fingerprint density at radius 1 is 1.40 bits per heavy atom. The SMILES string of the molecule is COc1cc(F)cc(-c2cnoc2N)c1. The van der Waals surface area contributed by atoms with Crippen LogP contribution in [-0.4, -0.2) is 12.3 Å². The number of hydrogen-bond acceptors (Lipinski definition) is 4. The molecular weight excluding hydrogens is 199 g/mol. The summed E-state index contributed by atoms with van der Waals surface area (Å²) in [6.45, 7) is 0. The number of anilines is 1. The summed E-state index contributed by atoms with van der Waals surface area (Å²) >= 11 is 0. The average molecular weight is 208 g/mol. The highest BCUT2D eigenvalue weighted by atomic mass is 19.1. The molecule has 5 heteroatoms. The van der Waals surface area contributed by atoms with E-state index in [1.54, 1.807) is 6.07 Å². The van der Waals surface area contributed by atoms with Crippen molar-refractivity contribution in [3.8, 4) is 16.9 Å². The maximum atomic E-state index is 13.2. The van der Waals surface area contributed by atoms with Gasteiger partial charge in [0.15, 0.2) is 0 Å². The molecule has 0 aliphatic rings. The van der Waals surface area contributed by atoms with Gasteiger partial charge in [0.05, 0.1) is 18.9 Å². The van der Waals surface area contributed by atoms with Gasteiger partial charge < -0.3 is 15.0 Å². The number of nitrogen functional groups attached to an aromatic ring is 1. The Bertz CT molecular complexity index is 482. The van der Waals surface area contributed by atoms with Crippen molar-refractivity contribution in [2.75, 3.05) is 12.8 Å². The lowest BCUT2D eigenvalue weighted by Gasteiger charge is -2.03. The van der Waals surface area contributed by atoms with Gasteiger partial charge in [-0.25, -0.2) is 4.39 Å². The van der Waals surface area contributed by atoms with Crippen molar-refractivity contribution < 1.29 is 13.7 Å². The molecule has 0 aliphatic carbocycles. The molecule has 1 aromatic carbocycles. The second-order valence-corrected chi connectivity index (χ2v) is 2.98. The van der Waals surface area contributed by atoms with E-state index < -0.39 is 5.82 Å². The smallest absolute Gasteiger partial charge is 0.229 e. The van der Waals surface area contributed by atoms with E-state index in [4.69, 9.17) is 15.0 Å². The van der Waals surface area contributed by atoms with E-state index in [0.29, 0.717) is 16.9 Å². The van der Waals surface area contributed by atoms with Crippen LogP contribution in [0.25, 0.3) is 11.1 Å². The van der Waals surface area contributed by atoms with Gasteiger partial charge in [-0.2, -0.15) is 0 Å². The summed E-state index contributed by atoms with van der Waals surface area (Å²) < 4.78 is 22.8. The Balaban J connectivity index is 2.53. The molecule has 2 aromatic rings. The highest BCUT2D eigenvalue weighted by Gasteiger charge is 2.09. The molecular formula is C10H9FN2O2. The van der Waals surface area contributed by atoms with Crippen LogP contribution in [0.15, 0.2) is 28.9 Å². The van der Waals surface area contributed by atoms with Crippen LogP contribution in [0.4, 0.5) is 10.3 Å². The van der Waals surface area contributed by atoms with E-state index in [2.05, 4.69) is 5.16 Å². The van der Waals surface area contributed by atoms with Crippen molar-refractivity contribution in [2.45, 2.75) is 0 Å². The quantitative estimate of drug-likeness (QED) is 0.820. The third kappa shape index (κ3) is 1.76. The summed E-state index contributed by atoms with van der Waals surface area (Å²) in [4.78, 5) is 0. The summed E-state index contributed by atoms with van der Waals surface area (Å²) in [7, 11) is 1.47. The van der Waals surface area contributed by atoms with Gasteiger partial charge in [0, 0.05) is 6.07 Å². The summed E-state index contributed by atoms with van der Waals surface area (Å²) in [5.74, 6) is 0.179. The van der Waals surface area contributed by atoms with Crippen molar-refractivity contribution in [2.24, 2.45) is 0 Å². The summed E-state index contributed by atoms with van der Waals surface area (Å²) in [5.41, 5.74) is 6.65. The number of hydrogen-bond donors (Lipinski definition) is 1. The number of benzene rings is 1. The average Bonchev–Trinajstić information content (AvgIpc) is 2.63. The van der Waals surface area contributed by atoms with Gasteiger partial charge in [-0.15, -0.1) is 0 Å². The highest BCUT2D eigenvalue weighted by Crippen LogP contribution is 2.29. The number of ether oxygens (including phenoxy) is 1. The van der Waals surface area contributed by atoms with Crippen LogP contribution in [0.3, 0.4) is 0 Å². The van der Waals surface area contributed by atoms with Crippen LogP contribution in [0, 0.1) is 5.82 Å². The highest BCUT2D eigenvalue weighted by molar-refractivity contribution is 5.72. The first-order valence-electron chi connectivity index (χ1n) is 4.26. The lowest BCUT2D eigenvalue weighted by molar-refractivity contribution is 0.411. The number of rotatable bonds is 2. The molecule has 0 spiro atoms. The van der Waals surface area contributed by atoms with E-state index >= 15 is 0 Å². The van der Waals surface area contributed by atoms with Gasteiger partial charge in [-0.05, 0) is 17.7 Å². The number of aromatic nitrogens is 1. The molecule has 2 N–H and O–H groups in total. The molecule has 0 unspecified atom stereocenters. The molecule has 1 aromatic heterocycles. The molecule has 15 heavy (non-hydrogen) atoms. The van der Waals surface area contributed by atoms with Crippen LogP contribution in [0.1, 0.15) is 0 Å². The lowest BCUT2D eigenvalue weighted by Crippen LogP contribution is -1.88. The zero-order chi connectivity index (χ0) is 10.8. The number of nitrogens with zero attached hydrogens (tertiary/aromatic N) is 1. The molecule has 0 bridgehead atoms. The van der Waals surface area contributed by atoms with E-state index in [-0.39, 0.29) is 5.88 Å². The van der Waals surface area contributed by atoms with Crippen molar-refractivity contribution >= 4 is 5.88 Å². The van der Waals surface area contributed by atoms with Crippen molar-refractivity contribution in [1.29, 1.82) is 0 Å². The van der Waals surface area contributed by atoms with Crippen LogP contribution >= 0.6 is 0 Å². The number of nitrogens with two attached hydrogens (primary N) is 1. The third-order valence-electron chi connectivity index (χ3n) is 2.02. The molecule has 0 fully saturated rings. The second kappa shape index (κ2) is 3.61. The minimum absolute atomic E-state index is 0.155. The molecule has 4 nitrogen and oxygen atoms in total. The molecule has 0 radical (unpaired) electrons. The van der Waals surface area contributed by atoms with E-state index in [0.717, 1.165) is 0 Å². The summed E-state index contributed by atoms with van der Waals surface area (Å²) in [6, 6.07) is 4.28. The molecule has 0 amide bonds. The van der Waals surface area contributed by atoms with Crippen molar-refractivity contribution in [3.05, 3.63) is 30.2 Å². The fourth-order valence-corrected chi connectivity index (χ4v) is 1.30. The predicted molar refractivity (Wildman–Crippen MR) is 52.9 cm³/mol. The topological polar surface area (TPSA) is 61.3 Å². The molecule has 78 valence electrons. The molecule has 2 rings (SSSR count). The van der Waals surface area contributed by atoms with Gasteiger partial charge in [-0.1, -0.05) is 5.16 Å². The molecule has 0 atom stereocenters. The lowest BCUT2D eigenvalue weighted by atomic mass is 10.1. The normalized spacial score (nSPS) is 10.3. The second-order valence-electron chi connectivity index (χ2n) is 2.98. The fraction of sp³-hybridized carbons (Fsp3) is 0.100. The van der Waals surface area contributed by atoms with Gasteiger partial charge >= 0.3 is 0 Å². The summed E-state index contributed by atoms with van der Waals surface area (Å²) in [5, 5.41) is 3.52. The number of methoxy groups -OCH3 is 1. The molecule has 0 saturated heterocycles. The standard InChI is InChI=1S/C10H9FN2O2/c1-14-8-3-6(2-7(11)4-8)9-5-13-15-10(9)12/h2-5H,12H2,1H3. The van der Waals surface area contributed by atoms with Crippen LogP contribution in [-0.2, 0) is 0 Å². The molecule has 1 heterocycles. The van der Waals surface area contributed by atoms with Crippen molar-refractivity contribution in [1.82, 2.24) is 5.16 Å². The van der Waals surface area contributed by atoms with Crippen LogP contribution in [0.5, 0.6) is 5.75 Å². The molecule has 0 saturated carbocycles. The zero-order valence-electron chi connectivity index (χ0n) is 8.03. The minimum Gasteiger partial charge on any atom is -0.497 e. The number of halogens is 1. The van der Waals surface area contributed by atoms with Gasteiger partial charge in [0.1, 0.15) is 11.6 Å². The van der Waals surface area contributed by atoms with E-state index in [1.165, 1.54) is 25.4 Å². The maximum absolute atomic E-state index is 13.2. The Labute approximate surface area is 85.4 Å². The van der Waals surface area contributed by atoms with Gasteiger partial charge in [-0.3, -0.25) is 0 Å². The Kier molecular flexibility index (Phi) is 2.29. The maximum Gasteiger partial charge on any atom is 0.229 e. The van der Waals surface area contributed by atoms with Crippen LogP contribution in [0.2, 0.25) is 0 Å². The monoisotopic (exact) mass is 208 g/mol. The summed E-state index contributed by atoms with van der Waals surface area (Å²) in [6.07, 6.45) is 1.43. The minimum atomic E-state index is -0.398. The first kappa shape index (κ1) is 9.51. The van der Waals surface area contributed by atoms with Gasteiger partial charge in [0.2, 0.25) is 5.88 Å². The largest absolute Gasteiger partial charge is 0.497 e. The first-order chi connectivity index (χ1) is 7.20. The first-order valence-corrected chi connectivity index (χ1v) is 4.26. The Morgan fingerprint density at radius 2 is 2.20 bits per heavy atom. The molecule has 0 aliphatic heterocycles. The fourth-order valence-electron chi connectivity index (χ4n) is 1.30. The van der Waals surface area contributed by atoms with Crippen LogP contribution < -0.4 is 10.5 Å². The third-order valence-corrected chi connectivity index (χ3v) is 2.02. The van der Waals surface area contributed by atoms with Crippen molar-refractivity contribution in [3.63, 3.8) is 0 Å². The Hall–Kier alpha value is -2.04. The Morgan fingerprint density at radius 3 is 2.80 bits per heavy atom.